The molecule has 2 saturated heterocycles. The van der Waals surface area contributed by atoms with Gasteiger partial charge in [-0.15, -0.1) is 0 Å². The number of hydrogen-bond donors (Lipinski definition) is 2. The first-order chi connectivity index (χ1) is 23.6. The average Bonchev–Trinajstić information content (AvgIpc) is 3.78. The Hall–Kier alpha value is -4.99. The summed E-state index contributed by atoms with van der Waals surface area (Å²) in [6.45, 7) is 2.65. The molecule has 0 radical (unpaired) electrons. The average molecular weight is 682 g/mol. The van der Waals surface area contributed by atoms with E-state index in [1.54, 1.807) is 25.3 Å². The standard InChI is InChI=1S/C26H23F3N8O3.C7H12FN/c1-11-9-15-14(10-32-36-15)16(21(11)40-25(28)29)19-18(27)20-17-23(35-26(34-20)38-3)37(7-8-39-24(17)33-19)12(2)13-5-4-6-31-22(13)30;8-6-4-7-2-1-3-9(7)5-6/h4-6,9-10,12,25H,7-8H2,1-3H3,(H2,30,31)(H,32,36);6-7H,1-5H2. The molecule has 7 heterocycles. The number of methoxy groups -OCH3 is 1. The first-order valence-corrected chi connectivity index (χ1v) is 16.0. The Morgan fingerprint density at radius 2 is 2.02 bits per heavy atom. The van der Waals surface area contributed by atoms with Crippen molar-refractivity contribution in [2.75, 3.05) is 44.0 Å². The highest BCUT2D eigenvalue weighted by Crippen LogP contribution is 2.46. The number of rotatable bonds is 6. The fourth-order valence-corrected chi connectivity index (χ4v) is 7.06. The van der Waals surface area contributed by atoms with Crippen LogP contribution in [0.2, 0.25) is 0 Å². The molecule has 0 bridgehead atoms. The molecule has 5 aromatic rings. The van der Waals surface area contributed by atoms with E-state index in [1.807, 2.05) is 17.9 Å². The molecule has 49 heavy (non-hydrogen) atoms. The summed E-state index contributed by atoms with van der Waals surface area (Å²) in [5.41, 5.74) is 7.22. The lowest BCUT2D eigenvalue weighted by Crippen LogP contribution is -2.31. The van der Waals surface area contributed by atoms with Gasteiger partial charge >= 0.3 is 12.6 Å². The van der Waals surface area contributed by atoms with Crippen molar-refractivity contribution in [3.63, 3.8) is 0 Å². The number of benzene rings is 1. The third kappa shape index (κ3) is 5.98. The molecule has 4 aromatic heterocycles. The predicted octanol–water partition coefficient (Wildman–Crippen LogP) is 5.76. The Kier molecular flexibility index (Phi) is 8.73. The number of aromatic nitrogens is 6. The molecule has 12 nitrogen and oxygen atoms in total. The van der Waals surface area contributed by atoms with Crippen molar-refractivity contribution in [1.29, 1.82) is 0 Å². The van der Waals surface area contributed by atoms with Crippen LogP contribution in [0.4, 0.5) is 29.2 Å². The zero-order valence-corrected chi connectivity index (χ0v) is 27.1. The van der Waals surface area contributed by atoms with Crippen molar-refractivity contribution in [1.82, 2.24) is 35.0 Å². The van der Waals surface area contributed by atoms with Crippen molar-refractivity contribution in [2.24, 2.45) is 0 Å². The third-order valence-electron chi connectivity index (χ3n) is 9.31. The molecule has 3 unspecified atom stereocenters. The molecule has 2 fully saturated rings. The summed E-state index contributed by atoms with van der Waals surface area (Å²) in [6.07, 6.45) is 5.79. The van der Waals surface area contributed by atoms with Crippen LogP contribution in [0, 0.1) is 12.7 Å². The van der Waals surface area contributed by atoms with Crippen LogP contribution in [0.5, 0.6) is 17.6 Å². The van der Waals surface area contributed by atoms with E-state index in [1.165, 1.54) is 26.1 Å². The number of pyridine rings is 2. The number of aromatic amines is 1. The Balaban J connectivity index is 0.000000361. The minimum absolute atomic E-state index is 0.0139. The molecule has 3 aliphatic rings. The second kappa shape index (κ2) is 13.1. The summed E-state index contributed by atoms with van der Waals surface area (Å²) in [5.74, 6) is -0.456. The zero-order chi connectivity index (χ0) is 34.4. The summed E-state index contributed by atoms with van der Waals surface area (Å²) in [7, 11) is 1.36. The maximum atomic E-state index is 16.5. The smallest absolute Gasteiger partial charge is 0.387 e. The van der Waals surface area contributed by atoms with Crippen molar-refractivity contribution < 1.29 is 31.8 Å². The molecular formula is C33H35F4N9O3. The summed E-state index contributed by atoms with van der Waals surface area (Å²) in [4.78, 5) is 21.6. The number of anilines is 2. The Bertz CT molecular complexity index is 2000. The fourth-order valence-electron chi connectivity index (χ4n) is 7.06. The number of nitrogens with two attached hydrogens (primary N) is 1. The van der Waals surface area contributed by atoms with Gasteiger partial charge in [0.05, 0.1) is 37.0 Å². The fraction of sp³-hybridized carbons (Fsp3) is 0.424. The Morgan fingerprint density at radius 1 is 1.18 bits per heavy atom. The number of nitrogen functional groups attached to an aromatic ring is 1. The summed E-state index contributed by atoms with van der Waals surface area (Å²) >= 11 is 0. The topological polar surface area (TPSA) is 140 Å². The van der Waals surface area contributed by atoms with Gasteiger partial charge in [-0.05, 0) is 57.4 Å². The van der Waals surface area contributed by atoms with E-state index in [-0.39, 0.29) is 52.4 Å². The number of halogens is 4. The maximum Gasteiger partial charge on any atom is 0.387 e. The molecule has 16 heteroatoms. The molecule has 8 rings (SSSR count). The van der Waals surface area contributed by atoms with Crippen LogP contribution in [0.3, 0.4) is 0 Å². The molecular weight excluding hydrogens is 646 g/mol. The van der Waals surface area contributed by atoms with E-state index in [9.17, 15) is 13.2 Å². The van der Waals surface area contributed by atoms with Crippen LogP contribution in [0.15, 0.2) is 30.6 Å². The summed E-state index contributed by atoms with van der Waals surface area (Å²) in [5, 5.41) is 7.31. The van der Waals surface area contributed by atoms with Gasteiger partial charge in [0.1, 0.15) is 46.8 Å². The molecule has 3 N–H and O–H groups in total. The minimum atomic E-state index is -3.16. The van der Waals surface area contributed by atoms with Crippen LogP contribution in [-0.2, 0) is 0 Å². The quantitative estimate of drug-likeness (QED) is 0.212. The third-order valence-corrected chi connectivity index (χ3v) is 9.31. The van der Waals surface area contributed by atoms with E-state index in [2.05, 4.69) is 35.0 Å². The first-order valence-electron chi connectivity index (χ1n) is 16.0. The van der Waals surface area contributed by atoms with E-state index >= 15 is 4.39 Å². The molecule has 3 aliphatic heterocycles. The van der Waals surface area contributed by atoms with Gasteiger partial charge in [0.2, 0.25) is 5.88 Å². The van der Waals surface area contributed by atoms with E-state index in [0.717, 1.165) is 18.5 Å². The maximum absolute atomic E-state index is 16.5. The largest absolute Gasteiger partial charge is 0.475 e. The number of hydrogen-bond acceptors (Lipinski definition) is 11. The van der Waals surface area contributed by atoms with Crippen molar-refractivity contribution in [3.8, 4) is 28.9 Å². The molecule has 0 amide bonds. The van der Waals surface area contributed by atoms with Crippen LogP contribution in [-0.4, -0.2) is 87.2 Å². The van der Waals surface area contributed by atoms with Gasteiger partial charge in [-0.25, -0.2) is 18.7 Å². The van der Waals surface area contributed by atoms with Crippen LogP contribution in [0.25, 0.3) is 33.1 Å². The van der Waals surface area contributed by atoms with Gasteiger partial charge < -0.3 is 24.8 Å². The van der Waals surface area contributed by atoms with Crippen LogP contribution in [0.1, 0.15) is 43.4 Å². The minimum Gasteiger partial charge on any atom is -0.475 e. The SMILES string of the molecule is COc1nc2c3c(nc(-c4c(OC(F)F)c(C)cc5[nH]ncc45)c(F)c3n1)OCCN2C(C)c1cccnc1N.FC1CC2CCCN2C1. The molecule has 0 saturated carbocycles. The number of nitrogens with one attached hydrogen (secondary N) is 1. The number of H-pyrrole nitrogens is 1. The molecule has 258 valence electrons. The van der Waals surface area contributed by atoms with Gasteiger partial charge in [0.15, 0.2) is 5.82 Å². The van der Waals surface area contributed by atoms with E-state index < -0.39 is 18.6 Å². The van der Waals surface area contributed by atoms with Crippen molar-refractivity contribution >= 4 is 33.4 Å². The van der Waals surface area contributed by atoms with E-state index in [0.29, 0.717) is 47.2 Å². The normalized spacial score (nSPS) is 19.4. The summed E-state index contributed by atoms with van der Waals surface area (Å²) in [6, 6.07) is 5.36. The van der Waals surface area contributed by atoms with Crippen molar-refractivity contribution in [3.05, 3.63) is 47.5 Å². The number of alkyl halides is 3. The number of nitrogens with zero attached hydrogens (tertiary/aromatic N) is 7. The number of ether oxygens (including phenoxy) is 3. The second-order valence-electron chi connectivity index (χ2n) is 12.3. The van der Waals surface area contributed by atoms with Gasteiger partial charge in [-0.1, -0.05) is 6.07 Å². The monoisotopic (exact) mass is 681 g/mol. The predicted molar refractivity (Wildman–Crippen MR) is 174 cm³/mol. The van der Waals surface area contributed by atoms with Gasteiger partial charge in [-0.2, -0.15) is 23.8 Å². The lowest BCUT2D eigenvalue weighted by molar-refractivity contribution is -0.0498. The highest BCUT2D eigenvalue weighted by atomic mass is 19.3. The van der Waals surface area contributed by atoms with Crippen LogP contribution < -0.4 is 24.8 Å². The highest BCUT2D eigenvalue weighted by Gasteiger charge is 2.35. The van der Waals surface area contributed by atoms with E-state index in [4.69, 9.17) is 19.9 Å². The molecule has 0 aliphatic carbocycles. The molecule has 1 aromatic carbocycles. The Labute approximate surface area is 278 Å². The zero-order valence-electron chi connectivity index (χ0n) is 27.1. The molecule has 3 atom stereocenters. The lowest BCUT2D eigenvalue weighted by atomic mass is 10.00. The van der Waals surface area contributed by atoms with Gasteiger partial charge in [0.25, 0.3) is 0 Å². The Morgan fingerprint density at radius 3 is 2.78 bits per heavy atom. The number of aryl methyl sites for hydroxylation is 1. The first kappa shape index (κ1) is 32.6. The second-order valence-corrected chi connectivity index (χ2v) is 12.3. The van der Waals surface area contributed by atoms with Crippen molar-refractivity contribution in [2.45, 2.75) is 58.0 Å². The molecule has 0 spiro atoms. The van der Waals surface area contributed by atoms with Gasteiger partial charge in [-0.3, -0.25) is 10.00 Å². The highest BCUT2D eigenvalue weighted by molar-refractivity contribution is 6.02. The lowest BCUT2D eigenvalue weighted by Gasteiger charge is -2.30. The van der Waals surface area contributed by atoms with Gasteiger partial charge in [0, 0.05) is 29.7 Å². The number of fused-ring (bicyclic) bond motifs is 2. The summed E-state index contributed by atoms with van der Waals surface area (Å²) < 4.78 is 72.3. The van der Waals surface area contributed by atoms with Crippen LogP contribution >= 0.6 is 0 Å².